The Bertz CT molecular complexity index is 226. The topological polar surface area (TPSA) is 43.4 Å². The Hall–Kier alpha value is -1.38. The third-order valence-electron chi connectivity index (χ3n) is 1.19. The van der Waals surface area contributed by atoms with Crippen molar-refractivity contribution in [2.24, 2.45) is 0 Å². The van der Waals surface area contributed by atoms with E-state index in [4.69, 9.17) is 0 Å². The molecule has 0 amide bonds. The molecule has 0 rings (SSSR count). The Morgan fingerprint density at radius 3 is 2.50 bits per heavy atom. The van der Waals surface area contributed by atoms with Crippen molar-refractivity contribution in [3.63, 3.8) is 0 Å². The van der Waals surface area contributed by atoms with E-state index in [1.54, 1.807) is 13.8 Å². The van der Waals surface area contributed by atoms with Crippen molar-refractivity contribution in [3.8, 4) is 0 Å². The minimum absolute atomic E-state index is 0.201. The Labute approximate surface area is 71.7 Å². The normalized spacial score (nSPS) is 10.7. The molecule has 0 atom stereocenters. The monoisotopic (exact) mass is 168 g/mol. The van der Waals surface area contributed by atoms with Crippen LogP contribution >= 0.6 is 0 Å². The van der Waals surface area contributed by atoms with Gasteiger partial charge in [0.2, 0.25) is 0 Å². The van der Waals surface area contributed by atoms with Crippen LogP contribution in [0.5, 0.6) is 0 Å². The maximum Gasteiger partial charge on any atom is 0.341 e. The molecule has 0 heterocycles. The van der Waals surface area contributed by atoms with Gasteiger partial charge in [0, 0.05) is 12.0 Å². The number of carbonyl (C=O) groups is 2. The van der Waals surface area contributed by atoms with Crippen LogP contribution in [-0.2, 0) is 14.3 Å². The first-order chi connectivity index (χ1) is 5.61. The zero-order valence-electron chi connectivity index (χ0n) is 7.29. The molecule has 0 aromatic rings. The summed E-state index contributed by atoms with van der Waals surface area (Å²) in [5.41, 5.74) is 0.367. The summed E-state index contributed by atoms with van der Waals surface area (Å²) in [6, 6.07) is 0. The van der Waals surface area contributed by atoms with Crippen LogP contribution in [0.2, 0.25) is 0 Å². The molecular formula is C9H12O3. The van der Waals surface area contributed by atoms with Gasteiger partial charge in [-0.3, -0.25) is 4.79 Å². The highest BCUT2D eigenvalue weighted by Crippen LogP contribution is 1.98. The molecular weight excluding hydrogens is 156 g/mol. The lowest BCUT2D eigenvalue weighted by Gasteiger charge is -1.99. The van der Waals surface area contributed by atoms with Gasteiger partial charge in [-0.25, -0.2) is 4.79 Å². The van der Waals surface area contributed by atoms with Gasteiger partial charge in [-0.15, -0.1) is 0 Å². The van der Waals surface area contributed by atoms with Crippen molar-refractivity contribution in [1.82, 2.24) is 0 Å². The van der Waals surface area contributed by atoms with E-state index in [0.29, 0.717) is 5.57 Å². The Morgan fingerprint density at radius 1 is 1.50 bits per heavy atom. The summed E-state index contributed by atoms with van der Waals surface area (Å²) in [4.78, 5) is 21.6. The maximum atomic E-state index is 10.9. The third-order valence-corrected chi connectivity index (χ3v) is 1.19. The van der Waals surface area contributed by atoms with Gasteiger partial charge < -0.3 is 4.74 Å². The van der Waals surface area contributed by atoms with E-state index in [2.05, 4.69) is 11.3 Å². The molecule has 0 fully saturated rings. The molecule has 0 saturated heterocycles. The zero-order chi connectivity index (χ0) is 9.56. The van der Waals surface area contributed by atoms with Crippen LogP contribution in [0.15, 0.2) is 24.3 Å². The number of ether oxygens (including phenoxy) is 1. The zero-order valence-corrected chi connectivity index (χ0v) is 7.29. The summed E-state index contributed by atoms with van der Waals surface area (Å²) >= 11 is 0. The van der Waals surface area contributed by atoms with Gasteiger partial charge in [0.15, 0.2) is 0 Å². The van der Waals surface area contributed by atoms with Crippen molar-refractivity contribution in [2.45, 2.75) is 20.3 Å². The van der Waals surface area contributed by atoms with Crippen molar-refractivity contribution >= 4 is 11.9 Å². The standard InChI is InChI=1S/C9H12O3/c1-4-6-7(3)9(11)12-8(10)5-2/h4,6H,1,5H2,2-3H3/b7-6+. The van der Waals surface area contributed by atoms with Gasteiger partial charge in [0.1, 0.15) is 0 Å². The van der Waals surface area contributed by atoms with E-state index in [1.165, 1.54) is 12.2 Å². The molecule has 66 valence electrons. The first kappa shape index (κ1) is 10.6. The molecule has 3 nitrogen and oxygen atoms in total. The molecule has 0 aromatic carbocycles. The minimum Gasteiger partial charge on any atom is -0.390 e. The third kappa shape index (κ3) is 3.71. The molecule has 12 heavy (non-hydrogen) atoms. The first-order valence-corrected chi connectivity index (χ1v) is 3.66. The second-order valence-electron chi connectivity index (χ2n) is 2.20. The lowest BCUT2D eigenvalue weighted by molar-refractivity contribution is -0.156. The van der Waals surface area contributed by atoms with E-state index in [0.717, 1.165) is 0 Å². The molecule has 0 unspecified atom stereocenters. The van der Waals surface area contributed by atoms with E-state index in [1.807, 2.05) is 0 Å². The van der Waals surface area contributed by atoms with Gasteiger partial charge >= 0.3 is 11.9 Å². The molecule has 0 spiro atoms. The predicted molar refractivity (Wildman–Crippen MR) is 45.3 cm³/mol. The van der Waals surface area contributed by atoms with E-state index in [-0.39, 0.29) is 6.42 Å². The van der Waals surface area contributed by atoms with Crippen molar-refractivity contribution in [2.75, 3.05) is 0 Å². The molecule has 0 aliphatic heterocycles. The lowest BCUT2D eigenvalue weighted by Crippen LogP contribution is -2.11. The van der Waals surface area contributed by atoms with Gasteiger partial charge in [-0.05, 0) is 6.92 Å². The van der Waals surface area contributed by atoms with Crippen LogP contribution in [0.3, 0.4) is 0 Å². The highest BCUT2D eigenvalue weighted by Gasteiger charge is 2.08. The van der Waals surface area contributed by atoms with Crippen molar-refractivity contribution < 1.29 is 14.3 Å². The fourth-order valence-electron chi connectivity index (χ4n) is 0.501. The SMILES string of the molecule is C=C/C=C(\C)C(=O)OC(=O)CC. The fourth-order valence-corrected chi connectivity index (χ4v) is 0.501. The summed E-state index contributed by atoms with van der Waals surface area (Å²) in [6.45, 7) is 6.60. The molecule has 0 N–H and O–H groups in total. The lowest BCUT2D eigenvalue weighted by atomic mass is 10.3. The average Bonchev–Trinajstić information content (AvgIpc) is 2.04. The summed E-state index contributed by atoms with van der Waals surface area (Å²) < 4.78 is 4.42. The smallest absolute Gasteiger partial charge is 0.341 e. The van der Waals surface area contributed by atoms with E-state index < -0.39 is 11.9 Å². The van der Waals surface area contributed by atoms with E-state index >= 15 is 0 Å². The fraction of sp³-hybridized carbons (Fsp3) is 0.333. The van der Waals surface area contributed by atoms with Crippen LogP contribution in [-0.4, -0.2) is 11.9 Å². The van der Waals surface area contributed by atoms with Gasteiger partial charge in [0.25, 0.3) is 0 Å². The minimum atomic E-state index is -0.609. The van der Waals surface area contributed by atoms with Crippen molar-refractivity contribution in [3.05, 3.63) is 24.3 Å². The Kier molecular flexibility index (Phi) is 4.69. The quantitative estimate of drug-likeness (QED) is 0.278. The number of allylic oxidation sites excluding steroid dienone is 2. The molecule has 0 saturated carbocycles. The molecule has 0 aliphatic rings. The second-order valence-corrected chi connectivity index (χ2v) is 2.20. The number of esters is 2. The summed E-state index contributed by atoms with van der Waals surface area (Å²) in [5.74, 6) is -1.13. The highest BCUT2D eigenvalue weighted by atomic mass is 16.6. The predicted octanol–water partition coefficient (Wildman–Crippen LogP) is 1.60. The Balaban J connectivity index is 4.13. The Morgan fingerprint density at radius 2 is 2.08 bits per heavy atom. The number of rotatable bonds is 3. The van der Waals surface area contributed by atoms with Crippen molar-refractivity contribution in [1.29, 1.82) is 0 Å². The van der Waals surface area contributed by atoms with E-state index in [9.17, 15) is 9.59 Å². The maximum absolute atomic E-state index is 10.9. The first-order valence-electron chi connectivity index (χ1n) is 3.66. The molecule has 0 bridgehead atoms. The summed E-state index contributed by atoms with van der Waals surface area (Å²) in [7, 11) is 0. The summed E-state index contributed by atoms with van der Waals surface area (Å²) in [5, 5.41) is 0. The highest BCUT2D eigenvalue weighted by molar-refractivity contribution is 5.95. The number of hydrogen-bond donors (Lipinski definition) is 0. The van der Waals surface area contributed by atoms with Crippen LogP contribution in [0, 0.1) is 0 Å². The van der Waals surface area contributed by atoms with Crippen LogP contribution in [0.4, 0.5) is 0 Å². The molecule has 3 heteroatoms. The number of hydrogen-bond acceptors (Lipinski definition) is 3. The second kappa shape index (κ2) is 5.29. The van der Waals surface area contributed by atoms with Crippen LogP contribution in [0.1, 0.15) is 20.3 Å². The molecule has 0 aliphatic carbocycles. The largest absolute Gasteiger partial charge is 0.390 e. The number of carbonyl (C=O) groups excluding carboxylic acids is 2. The van der Waals surface area contributed by atoms with Gasteiger partial charge in [-0.1, -0.05) is 25.7 Å². The molecule has 0 radical (unpaired) electrons. The van der Waals surface area contributed by atoms with Gasteiger partial charge in [-0.2, -0.15) is 0 Å². The average molecular weight is 168 g/mol. The van der Waals surface area contributed by atoms with Crippen LogP contribution < -0.4 is 0 Å². The summed E-state index contributed by atoms with van der Waals surface area (Å²) in [6.07, 6.45) is 3.16. The van der Waals surface area contributed by atoms with Crippen LogP contribution in [0.25, 0.3) is 0 Å². The molecule has 0 aromatic heterocycles. The van der Waals surface area contributed by atoms with Gasteiger partial charge in [0.05, 0.1) is 0 Å².